The van der Waals surface area contributed by atoms with Gasteiger partial charge in [-0.1, -0.05) is 12.2 Å². The number of nitrogens with two attached hydrogens (primary N) is 1. The molecule has 19 heavy (non-hydrogen) atoms. The second-order valence-electron chi connectivity index (χ2n) is 5.48. The van der Waals surface area contributed by atoms with Gasteiger partial charge in [-0.05, 0) is 38.1 Å². The summed E-state index contributed by atoms with van der Waals surface area (Å²) in [6.45, 7) is 3.67. The molecule has 1 aliphatic heterocycles. The van der Waals surface area contributed by atoms with Crippen LogP contribution in [0.15, 0.2) is 24.3 Å². The summed E-state index contributed by atoms with van der Waals surface area (Å²) in [4.78, 5) is 3.12. The number of aromatic nitrogens is 1. The molecule has 1 aliphatic rings. The molecule has 2 atom stereocenters. The molecule has 0 spiro atoms. The molecule has 1 aromatic heterocycles. The molecule has 2 heterocycles. The molecule has 0 saturated carbocycles. The van der Waals surface area contributed by atoms with Crippen molar-refractivity contribution in [3.05, 3.63) is 34.5 Å². The Morgan fingerprint density at radius 2 is 2.11 bits per heavy atom. The fourth-order valence-corrected chi connectivity index (χ4v) is 2.67. The van der Waals surface area contributed by atoms with E-state index in [1.54, 1.807) is 0 Å². The standard InChI is InChI=1S/C14H16N2O2S/c1-14(2)13(17)12(15)8-6-9-7(5-10(8)18-14)3-4-11(19)16-9/h3-6,12-13,17H,15H2,1-2H3,(H,16,19). The highest BCUT2D eigenvalue weighted by atomic mass is 32.1. The third-order valence-electron chi connectivity index (χ3n) is 3.64. The number of fused-ring (bicyclic) bond motifs is 2. The first-order valence-corrected chi connectivity index (χ1v) is 6.59. The largest absolute Gasteiger partial charge is 0.485 e. The van der Waals surface area contributed by atoms with E-state index in [4.69, 9.17) is 22.7 Å². The maximum absolute atomic E-state index is 10.2. The van der Waals surface area contributed by atoms with Crippen LogP contribution in [0.25, 0.3) is 10.9 Å². The Labute approximate surface area is 116 Å². The van der Waals surface area contributed by atoms with Gasteiger partial charge < -0.3 is 20.6 Å². The molecule has 0 aliphatic carbocycles. The van der Waals surface area contributed by atoms with E-state index in [-0.39, 0.29) is 0 Å². The molecular formula is C14H16N2O2S. The normalized spacial score (nSPS) is 24.8. The van der Waals surface area contributed by atoms with Crippen LogP contribution in [0.2, 0.25) is 0 Å². The topological polar surface area (TPSA) is 71.3 Å². The zero-order valence-corrected chi connectivity index (χ0v) is 11.6. The predicted molar refractivity (Wildman–Crippen MR) is 76.8 cm³/mol. The number of aliphatic hydroxyl groups excluding tert-OH is 1. The summed E-state index contributed by atoms with van der Waals surface area (Å²) in [7, 11) is 0. The Balaban J connectivity index is 2.25. The van der Waals surface area contributed by atoms with Crippen LogP contribution in [0.3, 0.4) is 0 Å². The number of nitrogens with one attached hydrogen (secondary N) is 1. The van der Waals surface area contributed by atoms with Gasteiger partial charge in [0.1, 0.15) is 22.1 Å². The van der Waals surface area contributed by atoms with Crippen molar-refractivity contribution in [1.29, 1.82) is 0 Å². The van der Waals surface area contributed by atoms with Gasteiger partial charge in [0.15, 0.2) is 0 Å². The lowest BCUT2D eigenvalue weighted by Gasteiger charge is -2.40. The van der Waals surface area contributed by atoms with E-state index in [0.29, 0.717) is 4.64 Å². The summed E-state index contributed by atoms with van der Waals surface area (Å²) >= 11 is 5.12. The third-order valence-corrected chi connectivity index (χ3v) is 3.88. The first-order chi connectivity index (χ1) is 8.88. The number of hydrogen-bond donors (Lipinski definition) is 3. The maximum Gasteiger partial charge on any atom is 0.131 e. The summed E-state index contributed by atoms with van der Waals surface area (Å²) in [6.07, 6.45) is -0.746. The predicted octanol–water partition coefficient (Wildman–Crippen LogP) is 2.43. The second-order valence-corrected chi connectivity index (χ2v) is 5.92. The SMILES string of the molecule is CC1(C)Oc2cc3ccc(=S)[nH]c3cc2C(N)C1O. The van der Waals surface area contributed by atoms with Crippen LogP contribution in [0.4, 0.5) is 0 Å². The Morgan fingerprint density at radius 1 is 1.37 bits per heavy atom. The van der Waals surface area contributed by atoms with Crippen molar-refractivity contribution in [2.24, 2.45) is 5.73 Å². The van der Waals surface area contributed by atoms with Crippen molar-refractivity contribution in [2.75, 3.05) is 0 Å². The Bertz CT molecular complexity index is 708. The highest BCUT2D eigenvalue weighted by molar-refractivity contribution is 7.71. The molecule has 100 valence electrons. The van der Waals surface area contributed by atoms with E-state index in [1.807, 2.05) is 38.1 Å². The number of H-pyrrole nitrogens is 1. The van der Waals surface area contributed by atoms with Crippen molar-refractivity contribution in [1.82, 2.24) is 4.98 Å². The minimum atomic E-state index is -0.746. The first kappa shape index (κ1) is 12.6. The van der Waals surface area contributed by atoms with Gasteiger partial charge in [0, 0.05) is 16.5 Å². The lowest BCUT2D eigenvalue weighted by atomic mass is 9.87. The fraction of sp³-hybridized carbons (Fsp3) is 0.357. The van der Waals surface area contributed by atoms with Gasteiger partial charge in [0.2, 0.25) is 0 Å². The van der Waals surface area contributed by atoms with E-state index in [0.717, 1.165) is 22.2 Å². The quantitative estimate of drug-likeness (QED) is 0.646. The Kier molecular flexibility index (Phi) is 2.67. The summed E-state index contributed by atoms with van der Waals surface area (Å²) in [5, 5.41) is 11.2. The third kappa shape index (κ3) is 1.94. The van der Waals surface area contributed by atoms with Gasteiger partial charge in [0.25, 0.3) is 0 Å². The van der Waals surface area contributed by atoms with Crippen molar-refractivity contribution < 1.29 is 9.84 Å². The minimum Gasteiger partial charge on any atom is -0.485 e. The van der Waals surface area contributed by atoms with Crippen LogP contribution in [0.5, 0.6) is 5.75 Å². The lowest BCUT2D eigenvalue weighted by Crippen LogP contribution is -2.51. The molecule has 2 aromatic rings. The van der Waals surface area contributed by atoms with E-state index < -0.39 is 17.7 Å². The molecule has 0 bridgehead atoms. The van der Waals surface area contributed by atoms with Gasteiger partial charge in [-0.25, -0.2) is 0 Å². The van der Waals surface area contributed by atoms with Gasteiger partial charge in [-0.2, -0.15) is 0 Å². The number of ether oxygens (including phenoxy) is 1. The molecule has 3 rings (SSSR count). The average molecular weight is 276 g/mol. The van der Waals surface area contributed by atoms with Crippen molar-refractivity contribution >= 4 is 23.1 Å². The summed E-state index contributed by atoms with van der Waals surface area (Å²) < 4.78 is 6.54. The molecule has 0 saturated heterocycles. The molecule has 4 nitrogen and oxygen atoms in total. The molecule has 4 N–H and O–H groups in total. The number of hydrogen-bond acceptors (Lipinski definition) is 4. The number of rotatable bonds is 0. The van der Waals surface area contributed by atoms with Crippen LogP contribution in [-0.2, 0) is 0 Å². The maximum atomic E-state index is 10.2. The molecule has 5 heteroatoms. The molecule has 0 radical (unpaired) electrons. The van der Waals surface area contributed by atoms with Crippen LogP contribution in [-0.4, -0.2) is 21.8 Å². The molecule has 2 unspecified atom stereocenters. The van der Waals surface area contributed by atoms with Crippen molar-refractivity contribution in [3.63, 3.8) is 0 Å². The Hall–Kier alpha value is -1.43. The monoisotopic (exact) mass is 276 g/mol. The van der Waals surface area contributed by atoms with E-state index >= 15 is 0 Å². The van der Waals surface area contributed by atoms with Gasteiger partial charge in [0.05, 0.1) is 6.04 Å². The van der Waals surface area contributed by atoms with Gasteiger partial charge in [-0.15, -0.1) is 0 Å². The Morgan fingerprint density at radius 3 is 2.84 bits per heavy atom. The molecule has 0 fully saturated rings. The van der Waals surface area contributed by atoms with Crippen LogP contribution < -0.4 is 10.5 Å². The number of pyridine rings is 1. The van der Waals surface area contributed by atoms with E-state index in [2.05, 4.69) is 4.98 Å². The van der Waals surface area contributed by atoms with Crippen LogP contribution in [0.1, 0.15) is 25.5 Å². The lowest BCUT2D eigenvalue weighted by molar-refractivity contribution is -0.0570. The van der Waals surface area contributed by atoms with E-state index in [9.17, 15) is 5.11 Å². The first-order valence-electron chi connectivity index (χ1n) is 6.18. The summed E-state index contributed by atoms with van der Waals surface area (Å²) in [6, 6.07) is 7.16. The average Bonchev–Trinajstić information content (AvgIpc) is 2.34. The molecular weight excluding hydrogens is 260 g/mol. The molecule has 0 amide bonds. The van der Waals surface area contributed by atoms with Crippen LogP contribution in [0, 0.1) is 4.64 Å². The zero-order chi connectivity index (χ0) is 13.8. The minimum absolute atomic E-state index is 0.467. The second kappa shape index (κ2) is 4.03. The number of aromatic amines is 1. The van der Waals surface area contributed by atoms with Crippen molar-refractivity contribution in [2.45, 2.75) is 31.6 Å². The summed E-state index contributed by atoms with van der Waals surface area (Å²) in [5.41, 5.74) is 7.13. The summed E-state index contributed by atoms with van der Waals surface area (Å²) in [5.74, 6) is 0.723. The fourth-order valence-electron chi connectivity index (χ4n) is 2.49. The van der Waals surface area contributed by atoms with Gasteiger partial charge >= 0.3 is 0 Å². The highest BCUT2D eigenvalue weighted by Gasteiger charge is 2.41. The highest BCUT2D eigenvalue weighted by Crippen LogP contribution is 2.40. The molecule has 1 aromatic carbocycles. The number of aliphatic hydroxyl groups is 1. The van der Waals surface area contributed by atoms with Crippen LogP contribution >= 0.6 is 12.2 Å². The van der Waals surface area contributed by atoms with E-state index in [1.165, 1.54) is 0 Å². The smallest absolute Gasteiger partial charge is 0.131 e. The van der Waals surface area contributed by atoms with Crippen molar-refractivity contribution in [3.8, 4) is 5.75 Å². The number of benzene rings is 1. The van der Waals surface area contributed by atoms with Gasteiger partial charge in [-0.3, -0.25) is 0 Å². The zero-order valence-electron chi connectivity index (χ0n) is 10.8.